The fourth-order valence-corrected chi connectivity index (χ4v) is 2.75. The molecule has 2 atom stereocenters. The summed E-state index contributed by atoms with van der Waals surface area (Å²) < 4.78 is 20.4. The van der Waals surface area contributed by atoms with Crippen LogP contribution in [0.25, 0.3) is 0 Å². The zero-order valence-electron chi connectivity index (χ0n) is 11.1. The molecule has 1 aliphatic heterocycles. The first-order chi connectivity index (χ1) is 10.3. The van der Waals surface area contributed by atoms with Crippen LogP contribution in [-0.2, 0) is 0 Å². The van der Waals surface area contributed by atoms with Crippen molar-refractivity contribution in [2.24, 2.45) is 0 Å². The summed E-state index contributed by atoms with van der Waals surface area (Å²) in [5, 5.41) is 7.59. The van der Waals surface area contributed by atoms with Crippen molar-refractivity contribution in [2.45, 2.75) is 18.5 Å². The molecule has 0 saturated carbocycles. The van der Waals surface area contributed by atoms with Gasteiger partial charge in [-0.05, 0) is 29.8 Å². The predicted octanol–water partition coefficient (Wildman–Crippen LogP) is 3.16. The summed E-state index contributed by atoms with van der Waals surface area (Å²) in [5.74, 6) is 1.30. The van der Waals surface area contributed by atoms with Crippen LogP contribution in [0.2, 0.25) is 0 Å². The predicted molar refractivity (Wildman–Crippen MR) is 74.2 cm³/mol. The molecular weight excluding hydrogens is 271 g/mol. The van der Waals surface area contributed by atoms with Gasteiger partial charge in [-0.1, -0.05) is 12.1 Å². The van der Waals surface area contributed by atoms with Crippen LogP contribution in [0.5, 0.6) is 0 Å². The third kappa shape index (κ3) is 2.08. The highest BCUT2D eigenvalue weighted by molar-refractivity contribution is 5.36. The molecule has 4 rings (SSSR count). The van der Waals surface area contributed by atoms with Gasteiger partial charge in [0.05, 0.1) is 12.3 Å². The van der Waals surface area contributed by atoms with Gasteiger partial charge in [0.25, 0.3) is 0 Å². The Morgan fingerprint density at radius 2 is 2.10 bits per heavy atom. The zero-order valence-corrected chi connectivity index (χ0v) is 11.1. The summed E-state index contributed by atoms with van der Waals surface area (Å²) in [5.41, 5.74) is 1.02. The van der Waals surface area contributed by atoms with Crippen molar-refractivity contribution >= 4 is 5.95 Å². The second kappa shape index (κ2) is 4.73. The van der Waals surface area contributed by atoms with Crippen LogP contribution in [0.3, 0.4) is 0 Å². The van der Waals surface area contributed by atoms with Gasteiger partial charge in [0.1, 0.15) is 23.9 Å². The average Bonchev–Trinajstić information content (AvgIpc) is 3.18. The van der Waals surface area contributed by atoms with Crippen molar-refractivity contribution in [1.82, 2.24) is 14.8 Å². The van der Waals surface area contributed by atoms with Crippen LogP contribution in [0.4, 0.5) is 10.3 Å². The minimum absolute atomic E-state index is 0.0196. The first-order valence-corrected chi connectivity index (χ1v) is 6.76. The van der Waals surface area contributed by atoms with Crippen molar-refractivity contribution in [1.29, 1.82) is 0 Å². The molecule has 0 saturated heterocycles. The lowest BCUT2D eigenvalue weighted by molar-refractivity contribution is 0.358. The van der Waals surface area contributed by atoms with Crippen molar-refractivity contribution in [3.63, 3.8) is 0 Å². The van der Waals surface area contributed by atoms with E-state index in [2.05, 4.69) is 15.4 Å². The number of furan rings is 1. The van der Waals surface area contributed by atoms with Gasteiger partial charge in [0.15, 0.2) is 0 Å². The van der Waals surface area contributed by atoms with Crippen molar-refractivity contribution in [2.75, 3.05) is 5.32 Å². The van der Waals surface area contributed by atoms with Crippen LogP contribution >= 0.6 is 0 Å². The molecule has 21 heavy (non-hydrogen) atoms. The van der Waals surface area contributed by atoms with E-state index < -0.39 is 0 Å². The first-order valence-electron chi connectivity index (χ1n) is 6.76. The highest BCUT2D eigenvalue weighted by atomic mass is 19.1. The van der Waals surface area contributed by atoms with Crippen molar-refractivity contribution in [3.8, 4) is 0 Å². The second-order valence-electron chi connectivity index (χ2n) is 5.04. The lowest BCUT2D eigenvalue weighted by Crippen LogP contribution is -2.27. The summed E-state index contributed by atoms with van der Waals surface area (Å²) >= 11 is 0. The standard InChI is InChI=1S/C15H13FN4O/c16-11-5-3-10(4-6-11)12-8-13(14-2-1-7-21-14)20-15(19-12)17-9-18-20/h1-7,9,12-13H,8H2,(H,17,18,19)/t12-,13+/m1/s1. The average molecular weight is 284 g/mol. The second-order valence-corrected chi connectivity index (χ2v) is 5.04. The number of hydrogen-bond acceptors (Lipinski definition) is 4. The number of nitrogens with one attached hydrogen (secondary N) is 1. The van der Waals surface area contributed by atoms with Gasteiger partial charge in [0, 0.05) is 6.42 Å². The molecule has 106 valence electrons. The van der Waals surface area contributed by atoms with Gasteiger partial charge in [-0.3, -0.25) is 0 Å². The van der Waals surface area contributed by atoms with Crippen molar-refractivity contribution in [3.05, 3.63) is 66.1 Å². The smallest absolute Gasteiger partial charge is 0.222 e. The normalized spacial score (nSPS) is 20.8. The molecule has 1 aromatic carbocycles. The van der Waals surface area contributed by atoms with Crippen molar-refractivity contribution < 1.29 is 8.81 Å². The molecule has 0 unspecified atom stereocenters. The number of nitrogens with zero attached hydrogens (tertiary/aromatic N) is 3. The maximum Gasteiger partial charge on any atom is 0.222 e. The molecule has 6 heteroatoms. The summed E-state index contributed by atoms with van der Waals surface area (Å²) in [4.78, 5) is 4.24. The lowest BCUT2D eigenvalue weighted by atomic mass is 9.96. The molecule has 1 N–H and O–H groups in total. The molecule has 0 aliphatic carbocycles. The Hall–Kier alpha value is -2.63. The molecule has 0 fully saturated rings. The van der Waals surface area contributed by atoms with Gasteiger partial charge in [0.2, 0.25) is 5.95 Å². The monoisotopic (exact) mass is 284 g/mol. The van der Waals surface area contributed by atoms with Gasteiger partial charge >= 0.3 is 0 Å². The Morgan fingerprint density at radius 3 is 2.86 bits per heavy atom. The Bertz CT molecular complexity index is 735. The summed E-state index contributed by atoms with van der Waals surface area (Å²) in [7, 11) is 0. The maximum absolute atomic E-state index is 13.1. The van der Waals surface area contributed by atoms with E-state index in [9.17, 15) is 4.39 Å². The third-order valence-corrected chi connectivity index (χ3v) is 3.77. The third-order valence-electron chi connectivity index (χ3n) is 3.77. The van der Waals surface area contributed by atoms with E-state index in [1.807, 2.05) is 16.8 Å². The molecule has 5 nitrogen and oxygen atoms in total. The molecule has 1 aliphatic rings. The van der Waals surface area contributed by atoms with E-state index >= 15 is 0 Å². The fraction of sp³-hybridized carbons (Fsp3) is 0.200. The first kappa shape index (κ1) is 12.1. The molecule has 3 heterocycles. The van der Waals surface area contributed by atoms with E-state index in [0.717, 1.165) is 17.7 Å². The minimum atomic E-state index is -0.236. The van der Waals surface area contributed by atoms with Crippen LogP contribution in [0.1, 0.15) is 29.8 Å². The Kier molecular flexibility index (Phi) is 2.73. The van der Waals surface area contributed by atoms with Crippen LogP contribution in [0.15, 0.2) is 53.4 Å². The SMILES string of the molecule is Fc1ccc([C@H]2C[C@@H](c3ccco3)n3ncnc3N2)cc1. The largest absolute Gasteiger partial charge is 0.467 e. The molecule has 0 radical (unpaired) electrons. The lowest BCUT2D eigenvalue weighted by Gasteiger charge is -2.30. The summed E-state index contributed by atoms with van der Waals surface area (Å²) in [6.45, 7) is 0. The van der Waals surface area contributed by atoms with Gasteiger partial charge in [-0.2, -0.15) is 10.1 Å². The van der Waals surface area contributed by atoms with Gasteiger partial charge in [-0.15, -0.1) is 0 Å². The maximum atomic E-state index is 13.1. The van der Waals surface area contributed by atoms with E-state index in [1.165, 1.54) is 18.5 Å². The van der Waals surface area contributed by atoms with Gasteiger partial charge < -0.3 is 9.73 Å². The van der Waals surface area contributed by atoms with E-state index in [1.54, 1.807) is 18.4 Å². The van der Waals surface area contributed by atoms with E-state index in [0.29, 0.717) is 5.95 Å². The summed E-state index contributed by atoms with van der Waals surface area (Å²) in [6.07, 6.45) is 3.93. The van der Waals surface area contributed by atoms with E-state index in [4.69, 9.17) is 4.42 Å². The Balaban J connectivity index is 1.72. The highest BCUT2D eigenvalue weighted by Crippen LogP contribution is 2.37. The fourth-order valence-electron chi connectivity index (χ4n) is 2.75. The molecular formula is C15H13FN4O. The van der Waals surface area contributed by atoms with Crippen LogP contribution in [-0.4, -0.2) is 14.8 Å². The molecule has 0 amide bonds. The molecule has 3 aromatic rings. The van der Waals surface area contributed by atoms with E-state index in [-0.39, 0.29) is 17.9 Å². The van der Waals surface area contributed by atoms with Gasteiger partial charge in [-0.25, -0.2) is 9.07 Å². The number of rotatable bonds is 2. The highest BCUT2D eigenvalue weighted by Gasteiger charge is 2.31. The quantitative estimate of drug-likeness (QED) is 0.785. The topological polar surface area (TPSA) is 55.9 Å². The Labute approximate surface area is 120 Å². The summed E-state index contributed by atoms with van der Waals surface area (Å²) in [6, 6.07) is 10.3. The van der Waals surface area contributed by atoms with Crippen LogP contribution in [0, 0.1) is 5.82 Å². The number of halogens is 1. The number of fused-ring (bicyclic) bond motifs is 1. The molecule has 0 bridgehead atoms. The molecule has 0 spiro atoms. The Morgan fingerprint density at radius 1 is 1.24 bits per heavy atom. The number of aromatic nitrogens is 3. The number of benzene rings is 1. The zero-order chi connectivity index (χ0) is 14.2. The molecule has 2 aromatic heterocycles. The minimum Gasteiger partial charge on any atom is -0.467 e. The van der Waals surface area contributed by atoms with Crippen LogP contribution < -0.4 is 5.32 Å². The number of hydrogen-bond donors (Lipinski definition) is 1. The number of anilines is 1.